The number of benzene rings is 2. The number of amides is 2. The van der Waals surface area contributed by atoms with Gasteiger partial charge >= 0.3 is 12.5 Å². The van der Waals surface area contributed by atoms with Gasteiger partial charge < -0.3 is 25.3 Å². The molecular weight excluding hydrogens is 531 g/mol. The molecule has 0 bridgehead atoms. The Labute approximate surface area is 209 Å². The normalized spacial score (nSPS) is 11.6. The summed E-state index contributed by atoms with van der Waals surface area (Å²) in [5.74, 6) is -6.81. The standard InChI is InChI=1S/C23H16F7N3O5/c1-10-12(22(25,26)27)4-6-14(17(10)21(35)33-11-3-5-13(20(31)34)32-9-11)37-16-8-7-15(38-23(28,29)30)18(24)19(16)36-2/h3-9H,1-2H3,(H2,31,34)(H,33,35). The van der Waals surface area contributed by atoms with Crippen molar-refractivity contribution in [1.82, 2.24) is 4.98 Å². The van der Waals surface area contributed by atoms with Gasteiger partial charge in [0.25, 0.3) is 11.8 Å². The fraction of sp³-hybridized carbons (Fsp3) is 0.174. The van der Waals surface area contributed by atoms with Crippen LogP contribution in [0.1, 0.15) is 32.0 Å². The number of anilines is 1. The molecule has 0 aliphatic rings. The van der Waals surface area contributed by atoms with Gasteiger partial charge in [0.2, 0.25) is 11.6 Å². The van der Waals surface area contributed by atoms with Crippen LogP contribution in [0.2, 0.25) is 0 Å². The first-order valence-corrected chi connectivity index (χ1v) is 10.2. The van der Waals surface area contributed by atoms with Gasteiger partial charge in [-0.3, -0.25) is 9.59 Å². The number of carbonyl (C=O) groups is 2. The zero-order valence-corrected chi connectivity index (χ0v) is 19.3. The van der Waals surface area contributed by atoms with E-state index in [0.717, 1.165) is 38.4 Å². The van der Waals surface area contributed by atoms with Crippen molar-refractivity contribution in [2.75, 3.05) is 12.4 Å². The summed E-state index contributed by atoms with van der Waals surface area (Å²) in [7, 11) is 0.900. The number of hydrogen-bond acceptors (Lipinski definition) is 6. The van der Waals surface area contributed by atoms with E-state index in [1.807, 2.05) is 0 Å². The molecule has 0 aliphatic carbocycles. The molecule has 0 unspecified atom stereocenters. The number of carbonyl (C=O) groups excluding carboxylic acids is 2. The Bertz CT molecular complexity index is 1370. The summed E-state index contributed by atoms with van der Waals surface area (Å²) in [5.41, 5.74) is 2.51. The first kappa shape index (κ1) is 28.0. The lowest BCUT2D eigenvalue weighted by molar-refractivity contribution is -0.275. The minimum Gasteiger partial charge on any atom is -0.490 e. The van der Waals surface area contributed by atoms with Crippen molar-refractivity contribution in [1.29, 1.82) is 0 Å². The monoisotopic (exact) mass is 547 g/mol. The Balaban J connectivity index is 2.07. The summed E-state index contributed by atoms with van der Waals surface area (Å²) in [6.45, 7) is 0.983. The van der Waals surface area contributed by atoms with Crippen molar-refractivity contribution in [3.05, 3.63) is 70.8 Å². The SMILES string of the molecule is COc1c(Oc2ccc(C(F)(F)F)c(C)c2C(=O)Nc2ccc(C(N)=O)nc2)ccc(OC(F)(F)F)c1F. The number of pyridine rings is 1. The minimum atomic E-state index is -5.23. The summed E-state index contributed by atoms with van der Waals surface area (Å²) in [4.78, 5) is 27.9. The Morgan fingerprint density at radius 3 is 2.11 bits per heavy atom. The Morgan fingerprint density at radius 1 is 0.947 bits per heavy atom. The molecule has 0 fully saturated rings. The van der Waals surface area contributed by atoms with Crippen LogP contribution in [0.15, 0.2) is 42.6 Å². The van der Waals surface area contributed by atoms with Gasteiger partial charge in [-0.2, -0.15) is 17.6 Å². The van der Waals surface area contributed by atoms with Crippen LogP contribution in [0, 0.1) is 12.7 Å². The van der Waals surface area contributed by atoms with E-state index in [2.05, 4.69) is 15.0 Å². The van der Waals surface area contributed by atoms with Crippen LogP contribution < -0.4 is 25.3 Å². The molecule has 15 heteroatoms. The molecule has 0 spiro atoms. The van der Waals surface area contributed by atoms with Gasteiger partial charge in [0.05, 0.1) is 30.1 Å². The Hall–Kier alpha value is -4.56. The predicted molar refractivity (Wildman–Crippen MR) is 117 cm³/mol. The molecule has 0 aliphatic heterocycles. The van der Waals surface area contributed by atoms with Gasteiger partial charge in [0.1, 0.15) is 11.4 Å². The number of alkyl halides is 6. The molecule has 3 N–H and O–H groups in total. The third-order valence-corrected chi connectivity index (χ3v) is 4.91. The maximum atomic E-state index is 14.6. The number of nitrogens with two attached hydrogens (primary N) is 1. The number of nitrogens with zero attached hydrogens (tertiary/aromatic N) is 1. The van der Waals surface area contributed by atoms with Gasteiger partial charge in [-0.15, -0.1) is 13.2 Å². The van der Waals surface area contributed by atoms with Gasteiger partial charge in [-0.1, -0.05) is 0 Å². The predicted octanol–water partition coefficient (Wildman–Crippen LogP) is 5.60. The highest BCUT2D eigenvalue weighted by Crippen LogP contribution is 2.43. The molecule has 3 aromatic rings. The lowest BCUT2D eigenvalue weighted by atomic mass is 10.00. The van der Waals surface area contributed by atoms with E-state index >= 15 is 0 Å². The summed E-state index contributed by atoms with van der Waals surface area (Å²) in [6, 6.07) is 5.12. The molecule has 2 aromatic carbocycles. The van der Waals surface area contributed by atoms with Crippen molar-refractivity contribution >= 4 is 17.5 Å². The largest absolute Gasteiger partial charge is 0.573 e. The Morgan fingerprint density at radius 2 is 1.58 bits per heavy atom. The van der Waals surface area contributed by atoms with Gasteiger partial charge in [0, 0.05) is 0 Å². The smallest absolute Gasteiger partial charge is 0.490 e. The number of rotatable bonds is 7. The molecule has 0 saturated heterocycles. The summed E-state index contributed by atoms with van der Waals surface area (Å²) < 4.78 is 107. The average molecular weight is 547 g/mol. The summed E-state index contributed by atoms with van der Waals surface area (Å²) in [6.07, 6.45) is -9.07. The zero-order chi connectivity index (χ0) is 28.4. The van der Waals surface area contributed by atoms with E-state index in [9.17, 15) is 40.3 Å². The van der Waals surface area contributed by atoms with E-state index in [1.54, 1.807) is 0 Å². The maximum absolute atomic E-state index is 14.6. The quantitative estimate of drug-likeness (QED) is 0.373. The van der Waals surface area contributed by atoms with E-state index in [-0.39, 0.29) is 11.4 Å². The average Bonchev–Trinajstić information content (AvgIpc) is 2.80. The number of aromatic nitrogens is 1. The molecule has 1 aromatic heterocycles. The number of hydrogen-bond donors (Lipinski definition) is 2. The second-order valence-corrected chi connectivity index (χ2v) is 7.42. The van der Waals surface area contributed by atoms with Crippen LogP contribution in [-0.2, 0) is 6.18 Å². The molecule has 0 atom stereocenters. The second kappa shape index (κ2) is 10.4. The lowest BCUT2D eigenvalue weighted by Gasteiger charge is -2.19. The van der Waals surface area contributed by atoms with E-state index in [0.29, 0.717) is 12.1 Å². The number of nitrogens with one attached hydrogen (secondary N) is 1. The molecule has 0 saturated carbocycles. The van der Waals surface area contributed by atoms with Gasteiger partial charge in [-0.05, 0) is 48.9 Å². The highest BCUT2D eigenvalue weighted by molar-refractivity contribution is 6.07. The molecule has 0 radical (unpaired) electrons. The number of halogens is 7. The van der Waals surface area contributed by atoms with Gasteiger partial charge in [0.15, 0.2) is 11.5 Å². The molecule has 1 heterocycles. The molecule has 2 amide bonds. The van der Waals surface area contributed by atoms with E-state index < -0.39 is 69.9 Å². The number of ether oxygens (including phenoxy) is 3. The first-order chi connectivity index (χ1) is 17.6. The van der Waals surface area contributed by atoms with Crippen molar-refractivity contribution < 1.29 is 54.5 Å². The molecule has 38 heavy (non-hydrogen) atoms. The highest BCUT2D eigenvalue weighted by Gasteiger charge is 2.36. The molecule has 202 valence electrons. The van der Waals surface area contributed by atoms with Crippen LogP contribution >= 0.6 is 0 Å². The lowest BCUT2D eigenvalue weighted by Crippen LogP contribution is -2.19. The van der Waals surface area contributed by atoms with Crippen molar-refractivity contribution in [2.24, 2.45) is 5.73 Å². The van der Waals surface area contributed by atoms with Crippen LogP contribution in [-0.4, -0.2) is 30.3 Å². The third-order valence-electron chi connectivity index (χ3n) is 4.91. The van der Waals surface area contributed by atoms with Crippen LogP contribution in [0.4, 0.5) is 36.4 Å². The maximum Gasteiger partial charge on any atom is 0.573 e. The highest BCUT2D eigenvalue weighted by atomic mass is 19.4. The van der Waals surface area contributed by atoms with Crippen molar-refractivity contribution in [2.45, 2.75) is 19.5 Å². The van der Waals surface area contributed by atoms with E-state index in [4.69, 9.17) is 15.2 Å². The second-order valence-electron chi connectivity index (χ2n) is 7.42. The van der Waals surface area contributed by atoms with Gasteiger partial charge in [-0.25, -0.2) is 4.98 Å². The van der Waals surface area contributed by atoms with Crippen molar-refractivity contribution in [3.63, 3.8) is 0 Å². The number of methoxy groups -OCH3 is 1. The van der Waals surface area contributed by atoms with Crippen molar-refractivity contribution in [3.8, 4) is 23.0 Å². The Kier molecular flexibility index (Phi) is 7.69. The fourth-order valence-corrected chi connectivity index (χ4v) is 3.28. The number of primary amides is 1. The topological polar surface area (TPSA) is 113 Å². The zero-order valence-electron chi connectivity index (χ0n) is 19.3. The summed E-state index contributed by atoms with van der Waals surface area (Å²) in [5, 5.41) is 2.29. The third kappa shape index (κ3) is 6.22. The molecular formula is C23H16F7N3O5. The summed E-state index contributed by atoms with van der Waals surface area (Å²) >= 11 is 0. The van der Waals surface area contributed by atoms with Crippen LogP contribution in [0.5, 0.6) is 23.0 Å². The minimum absolute atomic E-state index is 0.0277. The van der Waals surface area contributed by atoms with Crippen LogP contribution in [0.25, 0.3) is 0 Å². The van der Waals surface area contributed by atoms with E-state index in [1.165, 1.54) is 6.07 Å². The fourth-order valence-electron chi connectivity index (χ4n) is 3.28. The van der Waals surface area contributed by atoms with Crippen LogP contribution in [0.3, 0.4) is 0 Å². The first-order valence-electron chi connectivity index (χ1n) is 10.2. The molecule has 8 nitrogen and oxygen atoms in total. The molecule has 3 rings (SSSR count).